The van der Waals surface area contributed by atoms with Crippen molar-refractivity contribution in [1.29, 1.82) is 0 Å². The molecular weight excluding hydrogens is 562 g/mol. The summed E-state index contributed by atoms with van der Waals surface area (Å²) in [6, 6.07) is 9.75. The monoisotopic (exact) mass is 605 g/mol. The highest BCUT2D eigenvalue weighted by Crippen LogP contribution is 2.30. The Morgan fingerprint density at radius 3 is 2.70 bits per heavy atom. The van der Waals surface area contributed by atoms with E-state index in [-0.39, 0.29) is 12.5 Å². The number of nitrogens with zero attached hydrogens (tertiary/aromatic N) is 4. The lowest BCUT2D eigenvalue weighted by atomic mass is 9.95. The minimum Gasteiger partial charge on any atom is -0.484 e. The van der Waals surface area contributed by atoms with E-state index >= 15 is 0 Å². The third-order valence-electron chi connectivity index (χ3n) is 7.83. The van der Waals surface area contributed by atoms with Crippen LogP contribution in [0.5, 0.6) is 5.75 Å². The van der Waals surface area contributed by atoms with Crippen molar-refractivity contribution in [3.05, 3.63) is 53.5 Å². The predicted octanol–water partition coefficient (Wildman–Crippen LogP) is 3.71. The molecule has 1 aliphatic rings. The van der Waals surface area contributed by atoms with Crippen LogP contribution in [-0.4, -0.2) is 85.3 Å². The molecule has 0 radical (unpaired) electrons. The van der Waals surface area contributed by atoms with Crippen molar-refractivity contribution >= 4 is 23.0 Å². The fourth-order valence-corrected chi connectivity index (χ4v) is 5.51. The number of rotatable bonds is 16. The van der Waals surface area contributed by atoms with Crippen LogP contribution >= 0.6 is 0 Å². The number of piperidine rings is 1. The third kappa shape index (κ3) is 8.34. The van der Waals surface area contributed by atoms with E-state index in [0.29, 0.717) is 50.3 Å². The van der Waals surface area contributed by atoms with E-state index in [1.807, 2.05) is 45.2 Å². The van der Waals surface area contributed by atoms with Gasteiger partial charge in [-0.15, -0.1) is 0 Å². The maximum Gasteiger partial charge on any atom is 0.258 e. The summed E-state index contributed by atoms with van der Waals surface area (Å²) in [6.07, 6.45) is 5.38. The summed E-state index contributed by atoms with van der Waals surface area (Å²) < 4.78 is 24.5. The molecule has 3 N–H and O–H groups in total. The van der Waals surface area contributed by atoms with E-state index in [4.69, 9.17) is 18.7 Å². The number of aryl methyl sites for hydroxylation is 2. The van der Waals surface area contributed by atoms with Gasteiger partial charge < -0.3 is 39.3 Å². The second kappa shape index (κ2) is 15.6. The van der Waals surface area contributed by atoms with Crippen LogP contribution in [0.3, 0.4) is 0 Å². The summed E-state index contributed by atoms with van der Waals surface area (Å²) in [6.45, 7) is 9.20. The van der Waals surface area contributed by atoms with Crippen molar-refractivity contribution in [3.63, 3.8) is 0 Å². The highest BCUT2D eigenvalue weighted by Gasteiger charge is 2.17. The number of hydrogen-bond donors (Lipinski definition) is 3. The Labute approximate surface area is 257 Å². The van der Waals surface area contributed by atoms with Crippen molar-refractivity contribution < 1.29 is 23.5 Å². The standard InChI is InChI=1S/C32H43N7O5/c1-22-30(23(2)44-38-22)26-18-28-31(36-19-26)37-32(33-3)39(28)20-25-5-4-6-27(17-25)43-21-29(40)35-12-14-42-16-15-41-13-9-24-7-10-34-11-8-24/h4-6,17-19,24,34H,7-16,20-21H2,1-3H3,(H,35,40)(H,33,36,37). The topological polar surface area (TPSA) is 138 Å². The van der Waals surface area contributed by atoms with Gasteiger partial charge in [-0.1, -0.05) is 17.3 Å². The van der Waals surface area contributed by atoms with Crippen LogP contribution in [0, 0.1) is 19.8 Å². The zero-order chi connectivity index (χ0) is 30.7. The number of anilines is 1. The first-order valence-corrected chi connectivity index (χ1v) is 15.3. The number of benzene rings is 1. The molecule has 4 aromatic rings. The van der Waals surface area contributed by atoms with Gasteiger partial charge in [-0.25, -0.2) is 4.98 Å². The quantitative estimate of drug-likeness (QED) is 0.162. The molecule has 0 saturated carbocycles. The second-order valence-corrected chi connectivity index (χ2v) is 11.0. The van der Waals surface area contributed by atoms with Gasteiger partial charge in [0.25, 0.3) is 5.91 Å². The van der Waals surface area contributed by atoms with Crippen LogP contribution < -0.4 is 20.7 Å². The van der Waals surface area contributed by atoms with Crippen molar-refractivity contribution in [2.75, 3.05) is 65.0 Å². The molecule has 0 spiro atoms. The van der Waals surface area contributed by atoms with Gasteiger partial charge >= 0.3 is 0 Å². The van der Waals surface area contributed by atoms with Gasteiger partial charge in [0.1, 0.15) is 11.5 Å². The van der Waals surface area contributed by atoms with Gasteiger partial charge in [0, 0.05) is 37.5 Å². The Kier molecular flexibility index (Phi) is 11.2. The van der Waals surface area contributed by atoms with Crippen molar-refractivity contribution in [1.82, 2.24) is 30.3 Å². The summed E-state index contributed by atoms with van der Waals surface area (Å²) >= 11 is 0. The van der Waals surface area contributed by atoms with Crippen molar-refractivity contribution in [3.8, 4) is 16.9 Å². The zero-order valence-corrected chi connectivity index (χ0v) is 25.9. The number of carbonyl (C=O) groups excluding carboxylic acids is 1. The Morgan fingerprint density at radius 1 is 1.11 bits per heavy atom. The normalized spacial score (nSPS) is 13.8. The molecule has 0 aliphatic carbocycles. The minimum absolute atomic E-state index is 0.0796. The Hall–Kier alpha value is -4.00. The number of aromatic nitrogens is 4. The van der Waals surface area contributed by atoms with Crippen LogP contribution in [-0.2, 0) is 20.8 Å². The predicted molar refractivity (Wildman–Crippen MR) is 168 cm³/mol. The molecular formula is C32H43N7O5. The van der Waals surface area contributed by atoms with Crippen LogP contribution in [0.25, 0.3) is 22.3 Å². The van der Waals surface area contributed by atoms with Crippen LogP contribution in [0.2, 0.25) is 0 Å². The van der Waals surface area contributed by atoms with Gasteiger partial charge in [-0.2, -0.15) is 4.98 Å². The number of amides is 1. The Balaban J connectivity index is 1.06. The zero-order valence-electron chi connectivity index (χ0n) is 25.9. The van der Waals surface area contributed by atoms with E-state index in [1.165, 1.54) is 12.8 Å². The Morgan fingerprint density at radius 2 is 1.93 bits per heavy atom. The van der Waals surface area contributed by atoms with E-state index < -0.39 is 0 Å². The average Bonchev–Trinajstić information content (AvgIpc) is 3.57. The molecule has 3 aromatic heterocycles. The highest BCUT2D eigenvalue weighted by molar-refractivity contribution is 5.82. The smallest absolute Gasteiger partial charge is 0.258 e. The number of pyridine rings is 1. The number of hydrogen-bond acceptors (Lipinski definition) is 10. The lowest BCUT2D eigenvalue weighted by Gasteiger charge is -2.22. The molecule has 0 unspecified atom stereocenters. The molecule has 4 heterocycles. The maximum atomic E-state index is 12.3. The molecule has 5 rings (SSSR count). The van der Waals surface area contributed by atoms with Gasteiger partial charge in [-0.3, -0.25) is 4.79 Å². The molecule has 1 saturated heterocycles. The van der Waals surface area contributed by atoms with Gasteiger partial charge in [-0.05, 0) is 75.9 Å². The van der Waals surface area contributed by atoms with Crippen molar-refractivity contribution in [2.45, 2.75) is 39.7 Å². The van der Waals surface area contributed by atoms with Crippen LogP contribution in [0.15, 0.2) is 41.1 Å². The summed E-state index contributed by atoms with van der Waals surface area (Å²) in [5, 5.41) is 13.5. The lowest BCUT2D eigenvalue weighted by molar-refractivity contribution is -0.123. The molecule has 1 fully saturated rings. The minimum atomic E-state index is -0.201. The third-order valence-corrected chi connectivity index (χ3v) is 7.83. The molecule has 1 amide bonds. The number of ether oxygens (including phenoxy) is 3. The van der Waals surface area contributed by atoms with Crippen LogP contribution in [0.4, 0.5) is 5.95 Å². The van der Waals surface area contributed by atoms with E-state index in [2.05, 4.69) is 41.7 Å². The van der Waals surface area contributed by atoms with E-state index in [9.17, 15) is 4.79 Å². The molecule has 0 atom stereocenters. The van der Waals surface area contributed by atoms with E-state index in [1.54, 1.807) is 6.20 Å². The summed E-state index contributed by atoms with van der Waals surface area (Å²) in [5.41, 5.74) is 5.18. The number of imidazole rings is 1. The van der Waals surface area contributed by atoms with E-state index in [0.717, 1.165) is 65.7 Å². The van der Waals surface area contributed by atoms with Crippen LogP contribution in [0.1, 0.15) is 36.3 Å². The fourth-order valence-electron chi connectivity index (χ4n) is 5.51. The molecule has 1 aliphatic heterocycles. The first-order valence-electron chi connectivity index (χ1n) is 15.3. The number of carbonyl (C=O) groups is 1. The summed E-state index contributed by atoms with van der Waals surface area (Å²) in [7, 11) is 1.83. The second-order valence-electron chi connectivity index (χ2n) is 11.0. The fraction of sp³-hybridized carbons (Fsp3) is 0.500. The summed E-state index contributed by atoms with van der Waals surface area (Å²) in [5.74, 6) is 2.62. The average molecular weight is 606 g/mol. The maximum absolute atomic E-state index is 12.3. The highest BCUT2D eigenvalue weighted by atomic mass is 16.5. The van der Waals surface area contributed by atoms with Gasteiger partial charge in [0.2, 0.25) is 5.95 Å². The van der Waals surface area contributed by atoms with Gasteiger partial charge in [0.15, 0.2) is 12.3 Å². The molecule has 44 heavy (non-hydrogen) atoms. The molecule has 12 heteroatoms. The first-order chi connectivity index (χ1) is 21.5. The number of nitrogens with one attached hydrogen (secondary N) is 3. The lowest BCUT2D eigenvalue weighted by Crippen LogP contribution is -2.32. The molecule has 236 valence electrons. The molecule has 1 aromatic carbocycles. The van der Waals surface area contributed by atoms with Crippen molar-refractivity contribution in [2.24, 2.45) is 5.92 Å². The van der Waals surface area contributed by atoms with Gasteiger partial charge in [0.05, 0.1) is 37.6 Å². The molecule has 12 nitrogen and oxygen atoms in total. The first kappa shape index (κ1) is 31.4. The summed E-state index contributed by atoms with van der Waals surface area (Å²) in [4.78, 5) is 21.6. The number of fused-ring (bicyclic) bond motifs is 1. The molecule has 0 bridgehead atoms. The largest absolute Gasteiger partial charge is 0.484 e. The SMILES string of the molecule is CNc1nc2ncc(-c3c(C)noc3C)cc2n1Cc1cccc(OCC(=O)NCCOCCOCCC2CCNCC2)c1. The Bertz CT molecular complexity index is 1490.